The number of likely N-dealkylation sites (tertiary alicyclic amines) is 1. The molecule has 1 aromatic rings. The molecule has 2 heterocycles. The summed E-state index contributed by atoms with van der Waals surface area (Å²) in [6, 6.07) is 4.02. The van der Waals surface area contributed by atoms with Crippen LogP contribution in [0, 0.1) is 5.92 Å². The Morgan fingerprint density at radius 3 is 3.25 bits per heavy atom. The van der Waals surface area contributed by atoms with Gasteiger partial charge < -0.3 is 9.73 Å². The van der Waals surface area contributed by atoms with Gasteiger partial charge >= 0.3 is 0 Å². The quantitative estimate of drug-likeness (QED) is 0.747. The standard InChI is InChI=1S/C13H22N2O/c1-2-6-14-9-12-5-7-15(10-12)11-13-4-3-8-16-13/h3-4,8,12,14H,2,5-7,9-11H2,1H3. The van der Waals surface area contributed by atoms with Crippen LogP contribution >= 0.6 is 0 Å². The van der Waals surface area contributed by atoms with Gasteiger partial charge in [0.2, 0.25) is 0 Å². The molecule has 90 valence electrons. The monoisotopic (exact) mass is 222 g/mol. The van der Waals surface area contributed by atoms with E-state index in [0.29, 0.717) is 0 Å². The number of hydrogen-bond acceptors (Lipinski definition) is 3. The molecule has 2 rings (SSSR count). The zero-order chi connectivity index (χ0) is 11.2. The van der Waals surface area contributed by atoms with Crippen molar-refractivity contribution in [3.8, 4) is 0 Å². The molecule has 0 spiro atoms. The predicted octanol–water partition coefficient (Wildman–Crippen LogP) is 2.10. The Balaban J connectivity index is 1.67. The zero-order valence-corrected chi connectivity index (χ0v) is 10.1. The van der Waals surface area contributed by atoms with Gasteiger partial charge in [0.05, 0.1) is 12.8 Å². The van der Waals surface area contributed by atoms with Crippen LogP contribution in [0.4, 0.5) is 0 Å². The highest BCUT2D eigenvalue weighted by molar-refractivity contribution is 4.98. The van der Waals surface area contributed by atoms with E-state index in [2.05, 4.69) is 23.2 Å². The lowest BCUT2D eigenvalue weighted by atomic mass is 10.1. The molecule has 0 bridgehead atoms. The largest absolute Gasteiger partial charge is 0.468 e. The first kappa shape index (κ1) is 11.7. The van der Waals surface area contributed by atoms with E-state index in [1.807, 2.05) is 6.07 Å². The molecule has 1 aromatic heterocycles. The number of nitrogens with one attached hydrogen (secondary N) is 1. The summed E-state index contributed by atoms with van der Waals surface area (Å²) < 4.78 is 5.37. The maximum atomic E-state index is 5.37. The summed E-state index contributed by atoms with van der Waals surface area (Å²) in [7, 11) is 0. The van der Waals surface area contributed by atoms with Gasteiger partial charge in [-0.2, -0.15) is 0 Å². The first-order chi connectivity index (χ1) is 7.88. The van der Waals surface area contributed by atoms with E-state index in [0.717, 1.165) is 24.8 Å². The molecule has 16 heavy (non-hydrogen) atoms. The van der Waals surface area contributed by atoms with Crippen LogP contribution in [0.1, 0.15) is 25.5 Å². The maximum Gasteiger partial charge on any atom is 0.117 e. The van der Waals surface area contributed by atoms with Crippen molar-refractivity contribution in [3.63, 3.8) is 0 Å². The lowest BCUT2D eigenvalue weighted by molar-refractivity contribution is 0.285. The average Bonchev–Trinajstić information content (AvgIpc) is 2.91. The van der Waals surface area contributed by atoms with Crippen molar-refractivity contribution in [2.45, 2.75) is 26.3 Å². The summed E-state index contributed by atoms with van der Waals surface area (Å²) in [6.45, 7) is 7.91. The fourth-order valence-corrected chi connectivity index (χ4v) is 2.33. The van der Waals surface area contributed by atoms with Crippen LogP contribution < -0.4 is 5.32 Å². The van der Waals surface area contributed by atoms with Gasteiger partial charge in [-0.3, -0.25) is 4.90 Å². The smallest absolute Gasteiger partial charge is 0.117 e. The molecule has 1 aliphatic heterocycles. The minimum atomic E-state index is 0.821. The third-order valence-electron chi connectivity index (χ3n) is 3.19. The van der Waals surface area contributed by atoms with Crippen LogP contribution in [0.5, 0.6) is 0 Å². The highest BCUT2D eigenvalue weighted by Gasteiger charge is 2.22. The molecule has 1 unspecified atom stereocenters. The van der Waals surface area contributed by atoms with Gasteiger partial charge in [-0.25, -0.2) is 0 Å². The SMILES string of the molecule is CCCNCC1CCN(Cc2ccco2)C1. The Kier molecular flexibility index (Phi) is 4.43. The second-order valence-electron chi connectivity index (χ2n) is 4.67. The first-order valence-electron chi connectivity index (χ1n) is 6.34. The van der Waals surface area contributed by atoms with Crippen LogP contribution in [0.25, 0.3) is 0 Å². The van der Waals surface area contributed by atoms with E-state index >= 15 is 0 Å². The lowest BCUT2D eigenvalue weighted by Gasteiger charge is -2.14. The van der Waals surface area contributed by atoms with Crippen molar-refractivity contribution >= 4 is 0 Å². The van der Waals surface area contributed by atoms with Gasteiger partial charge in [0.1, 0.15) is 5.76 Å². The third-order valence-corrected chi connectivity index (χ3v) is 3.19. The number of rotatable bonds is 6. The Labute approximate surface area is 97.8 Å². The minimum Gasteiger partial charge on any atom is -0.468 e. The highest BCUT2D eigenvalue weighted by Crippen LogP contribution is 2.18. The van der Waals surface area contributed by atoms with Crippen LogP contribution in [0.3, 0.4) is 0 Å². The van der Waals surface area contributed by atoms with Crippen LogP contribution in [0.2, 0.25) is 0 Å². The Morgan fingerprint density at radius 2 is 2.50 bits per heavy atom. The molecule has 1 saturated heterocycles. The van der Waals surface area contributed by atoms with E-state index in [1.165, 1.54) is 32.5 Å². The van der Waals surface area contributed by atoms with Gasteiger partial charge in [-0.05, 0) is 50.5 Å². The molecule has 1 fully saturated rings. The maximum absolute atomic E-state index is 5.37. The zero-order valence-electron chi connectivity index (χ0n) is 10.1. The second-order valence-corrected chi connectivity index (χ2v) is 4.67. The Hall–Kier alpha value is -0.800. The fourth-order valence-electron chi connectivity index (χ4n) is 2.33. The van der Waals surface area contributed by atoms with Gasteiger partial charge in [0.25, 0.3) is 0 Å². The first-order valence-corrected chi connectivity index (χ1v) is 6.34. The predicted molar refractivity (Wildman–Crippen MR) is 65.3 cm³/mol. The summed E-state index contributed by atoms with van der Waals surface area (Å²) in [5, 5.41) is 3.51. The van der Waals surface area contributed by atoms with E-state index in [-0.39, 0.29) is 0 Å². The molecule has 0 saturated carbocycles. The minimum absolute atomic E-state index is 0.821. The molecule has 1 N–H and O–H groups in total. The van der Waals surface area contributed by atoms with Crippen molar-refractivity contribution in [2.75, 3.05) is 26.2 Å². The molecule has 1 aliphatic rings. The number of hydrogen-bond donors (Lipinski definition) is 1. The molecular weight excluding hydrogens is 200 g/mol. The Bertz CT molecular complexity index is 284. The van der Waals surface area contributed by atoms with E-state index in [1.54, 1.807) is 6.26 Å². The van der Waals surface area contributed by atoms with E-state index < -0.39 is 0 Å². The summed E-state index contributed by atoms with van der Waals surface area (Å²) in [6.07, 6.45) is 4.30. The van der Waals surface area contributed by atoms with Gasteiger partial charge in [0.15, 0.2) is 0 Å². The van der Waals surface area contributed by atoms with Crippen molar-refractivity contribution < 1.29 is 4.42 Å². The van der Waals surface area contributed by atoms with Gasteiger partial charge in [-0.15, -0.1) is 0 Å². The van der Waals surface area contributed by atoms with E-state index in [4.69, 9.17) is 4.42 Å². The summed E-state index contributed by atoms with van der Waals surface area (Å²) in [4.78, 5) is 2.48. The second kappa shape index (κ2) is 6.06. The van der Waals surface area contributed by atoms with Gasteiger partial charge in [0, 0.05) is 6.54 Å². The normalized spacial score (nSPS) is 21.7. The molecule has 1 atom stereocenters. The lowest BCUT2D eigenvalue weighted by Crippen LogP contribution is -2.26. The summed E-state index contributed by atoms with van der Waals surface area (Å²) in [5.41, 5.74) is 0. The third kappa shape index (κ3) is 3.35. The molecule has 0 aliphatic carbocycles. The van der Waals surface area contributed by atoms with Crippen molar-refractivity contribution in [2.24, 2.45) is 5.92 Å². The highest BCUT2D eigenvalue weighted by atomic mass is 16.3. The number of furan rings is 1. The summed E-state index contributed by atoms with van der Waals surface area (Å²) in [5.74, 6) is 1.91. The van der Waals surface area contributed by atoms with Crippen LogP contribution in [-0.4, -0.2) is 31.1 Å². The summed E-state index contributed by atoms with van der Waals surface area (Å²) >= 11 is 0. The number of nitrogens with zero attached hydrogens (tertiary/aromatic N) is 1. The van der Waals surface area contributed by atoms with Crippen molar-refractivity contribution in [1.29, 1.82) is 0 Å². The molecule has 0 radical (unpaired) electrons. The average molecular weight is 222 g/mol. The Morgan fingerprint density at radius 1 is 1.56 bits per heavy atom. The van der Waals surface area contributed by atoms with Gasteiger partial charge in [-0.1, -0.05) is 6.92 Å². The van der Waals surface area contributed by atoms with Crippen LogP contribution in [0.15, 0.2) is 22.8 Å². The fraction of sp³-hybridized carbons (Fsp3) is 0.692. The molecular formula is C13H22N2O. The molecule has 0 amide bonds. The van der Waals surface area contributed by atoms with E-state index in [9.17, 15) is 0 Å². The van der Waals surface area contributed by atoms with Crippen molar-refractivity contribution in [3.05, 3.63) is 24.2 Å². The molecule has 0 aromatic carbocycles. The van der Waals surface area contributed by atoms with Crippen LogP contribution in [-0.2, 0) is 6.54 Å². The molecule has 3 nitrogen and oxygen atoms in total. The topological polar surface area (TPSA) is 28.4 Å². The van der Waals surface area contributed by atoms with Crippen molar-refractivity contribution in [1.82, 2.24) is 10.2 Å². The molecule has 3 heteroatoms.